The molecule has 0 aliphatic rings. The van der Waals surface area contributed by atoms with E-state index in [0.29, 0.717) is 22.9 Å². The molecule has 2 aromatic carbocycles. The van der Waals surface area contributed by atoms with E-state index in [1.807, 2.05) is 55.4 Å². The summed E-state index contributed by atoms with van der Waals surface area (Å²) in [6.07, 6.45) is 1.62. The Morgan fingerprint density at radius 2 is 1.74 bits per heavy atom. The van der Waals surface area contributed by atoms with Gasteiger partial charge in [-0.25, -0.2) is 4.98 Å². The van der Waals surface area contributed by atoms with Gasteiger partial charge < -0.3 is 15.5 Å². The molecule has 1 aromatic heterocycles. The maximum absolute atomic E-state index is 12.4. The van der Waals surface area contributed by atoms with Crippen LogP contribution in [0.3, 0.4) is 0 Å². The first-order chi connectivity index (χ1) is 13.0. The van der Waals surface area contributed by atoms with E-state index in [9.17, 15) is 4.79 Å². The van der Waals surface area contributed by atoms with Crippen LogP contribution in [0.15, 0.2) is 66.9 Å². The molecule has 5 nitrogen and oxygen atoms in total. The average molecular weight is 381 g/mol. The number of aromatic nitrogens is 1. The number of pyridine rings is 1. The highest BCUT2D eigenvalue weighted by Gasteiger charge is 2.07. The summed E-state index contributed by atoms with van der Waals surface area (Å²) in [4.78, 5) is 18.7. The Bertz CT molecular complexity index is 908. The summed E-state index contributed by atoms with van der Waals surface area (Å²) in [5, 5.41) is 6.80. The molecule has 138 valence electrons. The molecule has 0 bridgehead atoms. The second-order valence-electron chi connectivity index (χ2n) is 6.31. The van der Waals surface area contributed by atoms with E-state index in [0.717, 1.165) is 16.9 Å². The number of carbonyl (C=O) groups is 1. The highest BCUT2D eigenvalue weighted by Crippen LogP contribution is 2.19. The molecule has 0 aliphatic heterocycles. The van der Waals surface area contributed by atoms with Gasteiger partial charge >= 0.3 is 0 Å². The number of rotatable bonds is 6. The fourth-order valence-electron chi connectivity index (χ4n) is 2.52. The lowest BCUT2D eigenvalue weighted by atomic mass is 10.2. The molecule has 0 saturated heterocycles. The van der Waals surface area contributed by atoms with Crippen LogP contribution in [0.2, 0.25) is 5.02 Å². The van der Waals surface area contributed by atoms with E-state index in [4.69, 9.17) is 11.6 Å². The Labute approximate surface area is 164 Å². The van der Waals surface area contributed by atoms with Crippen molar-refractivity contribution in [1.29, 1.82) is 0 Å². The highest BCUT2D eigenvalue weighted by molar-refractivity contribution is 6.30. The predicted molar refractivity (Wildman–Crippen MR) is 111 cm³/mol. The second kappa shape index (κ2) is 8.56. The van der Waals surface area contributed by atoms with Crippen LogP contribution < -0.4 is 15.5 Å². The number of nitrogens with one attached hydrogen (secondary N) is 2. The lowest BCUT2D eigenvalue weighted by Gasteiger charge is -2.13. The van der Waals surface area contributed by atoms with Crippen LogP contribution in [0.5, 0.6) is 0 Å². The summed E-state index contributed by atoms with van der Waals surface area (Å²) in [5.41, 5.74) is 3.56. The van der Waals surface area contributed by atoms with Gasteiger partial charge in [-0.3, -0.25) is 4.79 Å². The van der Waals surface area contributed by atoms with Crippen molar-refractivity contribution in [3.8, 4) is 0 Å². The lowest BCUT2D eigenvalue weighted by molar-refractivity contribution is 0.0951. The largest absolute Gasteiger partial charge is 0.378 e. The van der Waals surface area contributed by atoms with Crippen molar-refractivity contribution in [2.75, 3.05) is 24.3 Å². The zero-order chi connectivity index (χ0) is 19.2. The Hall–Kier alpha value is -3.05. The van der Waals surface area contributed by atoms with E-state index < -0.39 is 0 Å². The van der Waals surface area contributed by atoms with Crippen molar-refractivity contribution in [3.63, 3.8) is 0 Å². The molecule has 0 aliphatic carbocycles. The summed E-state index contributed by atoms with van der Waals surface area (Å²) in [5.74, 6) is 0.463. The fraction of sp³-hybridized carbons (Fsp3) is 0.143. The van der Waals surface area contributed by atoms with E-state index in [-0.39, 0.29) is 5.91 Å². The minimum Gasteiger partial charge on any atom is -0.378 e. The third-order valence-electron chi connectivity index (χ3n) is 4.04. The van der Waals surface area contributed by atoms with Crippen molar-refractivity contribution < 1.29 is 4.79 Å². The molecule has 3 aromatic rings. The Morgan fingerprint density at radius 1 is 1.04 bits per heavy atom. The third kappa shape index (κ3) is 5.21. The Morgan fingerprint density at radius 3 is 2.41 bits per heavy atom. The summed E-state index contributed by atoms with van der Waals surface area (Å²) < 4.78 is 0. The predicted octanol–water partition coefficient (Wildman–Crippen LogP) is 4.47. The number of amides is 1. The van der Waals surface area contributed by atoms with Gasteiger partial charge in [0.05, 0.1) is 0 Å². The van der Waals surface area contributed by atoms with E-state index in [2.05, 4.69) is 15.6 Å². The van der Waals surface area contributed by atoms with E-state index >= 15 is 0 Å². The third-order valence-corrected chi connectivity index (χ3v) is 4.30. The van der Waals surface area contributed by atoms with Crippen LogP contribution in [0.25, 0.3) is 0 Å². The van der Waals surface area contributed by atoms with Gasteiger partial charge in [0.2, 0.25) is 0 Å². The molecule has 3 rings (SSSR count). The first-order valence-corrected chi connectivity index (χ1v) is 8.92. The number of carbonyl (C=O) groups excluding carboxylic acids is 1. The van der Waals surface area contributed by atoms with Crippen LogP contribution in [0.1, 0.15) is 15.9 Å². The molecule has 0 unspecified atom stereocenters. The quantitative estimate of drug-likeness (QED) is 0.662. The molecule has 0 spiro atoms. The lowest BCUT2D eigenvalue weighted by Crippen LogP contribution is -2.22. The van der Waals surface area contributed by atoms with Gasteiger partial charge in [0, 0.05) is 48.8 Å². The summed E-state index contributed by atoms with van der Waals surface area (Å²) in [7, 11) is 3.99. The van der Waals surface area contributed by atoms with Crippen molar-refractivity contribution >= 4 is 34.7 Å². The zero-order valence-corrected chi connectivity index (χ0v) is 16.0. The summed E-state index contributed by atoms with van der Waals surface area (Å²) in [6, 6.07) is 18.8. The van der Waals surface area contributed by atoms with Crippen LogP contribution >= 0.6 is 11.6 Å². The molecule has 2 N–H and O–H groups in total. The van der Waals surface area contributed by atoms with Crippen LogP contribution in [-0.4, -0.2) is 25.0 Å². The SMILES string of the molecule is CN(C)c1ccc(Nc2cc(C(=O)NCc3ccc(Cl)cc3)ccn2)cc1. The molecule has 27 heavy (non-hydrogen) atoms. The average Bonchev–Trinajstić information content (AvgIpc) is 2.68. The molecular formula is C21H21ClN4O. The van der Waals surface area contributed by atoms with Crippen molar-refractivity contribution in [3.05, 3.63) is 83.0 Å². The summed E-state index contributed by atoms with van der Waals surface area (Å²) in [6.45, 7) is 0.438. The molecule has 1 amide bonds. The molecule has 0 radical (unpaired) electrons. The number of nitrogens with zero attached hydrogens (tertiary/aromatic N) is 2. The fourth-order valence-corrected chi connectivity index (χ4v) is 2.64. The van der Waals surface area contributed by atoms with Crippen molar-refractivity contribution in [2.24, 2.45) is 0 Å². The maximum Gasteiger partial charge on any atom is 0.251 e. The molecular weight excluding hydrogens is 360 g/mol. The first kappa shape index (κ1) is 18.7. The molecule has 6 heteroatoms. The van der Waals surface area contributed by atoms with Crippen molar-refractivity contribution in [2.45, 2.75) is 6.54 Å². The zero-order valence-electron chi connectivity index (χ0n) is 15.2. The maximum atomic E-state index is 12.4. The van der Waals surface area contributed by atoms with E-state index in [1.165, 1.54) is 0 Å². The monoisotopic (exact) mass is 380 g/mol. The number of halogens is 1. The minimum atomic E-state index is -0.154. The van der Waals surface area contributed by atoms with Gasteiger partial charge in [-0.05, 0) is 54.1 Å². The summed E-state index contributed by atoms with van der Waals surface area (Å²) >= 11 is 5.87. The molecule has 0 fully saturated rings. The number of hydrogen-bond donors (Lipinski definition) is 2. The van der Waals surface area contributed by atoms with Crippen LogP contribution in [0, 0.1) is 0 Å². The number of benzene rings is 2. The van der Waals surface area contributed by atoms with Gasteiger partial charge in [0.25, 0.3) is 5.91 Å². The minimum absolute atomic E-state index is 0.154. The first-order valence-electron chi connectivity index (χ1n) is 8.54. The normalized spacial score (nSPS) is 10.3. The van der Waals surface area contributed by atoms with Gasteiger partial charge in [-0.15, -0.1) is 0 Å². The van der Waals surface area contributed by atoms with Crippen molar-refractivity contribution in [1.82, 2.24) is 10.3 Å². The highest BCUT2D eigenvalue weighted by atomic mass is 35.5. The molecule has 1 heterocycles. The smallest absolute Gasteiger partial charge is 0.251 e. The van der Waals surface area contributed by atoms with Gasteiger partial charge in [-0.1, -0.05) is 23.7 Å². The second-order valence-corrected chi connectivity index (χ2v) is 6.74. The van der Waals surface area contributed by atoms with E-state index in [1.54, 1.807) is 30.5 Å². The topological polar surface area (TPSA) is 57.3 Å². The molecule has 0 saturated carbocycles. The van der Waals surface area contributed by atoms with Gasteiger partial charge in [0.1, 0.15) is 5.82 Å². The Kier molecular flexibility index (Phi) is 5.94. The van der Waals surface area contributed by atoms with Crippen LogP contribution in [-0.2, 0) is 6.54 Å². The number of anilines is 3. The number of hydrogen-bond acceptors (Lipinski definition) is 4. The Balaban J connectivity index is 1.63. The standard InChI is InChI=1S/C21H21ClN4O/c1-26(2)19-9-7-18(8-10-19)25-20-13-16(11-12-23-20)21(27)24-14-15-3-5-17(22)6-4-15/h3-13H,14H2,1-2H3,(H,23,25)(H,24,27). The van der Waals surface area contributed by atoms with Gasteiger partial charge in [0.15, 0.2) is 0 Å². The van der Waals surface area contributed by atoms with Crippen LogP contribution in [0.4, 0.5) is 17.2 Å². The molecule has 0 atom stereocenters. The van der Waals surface area contributed by atoms with Gasteiger partial charge in [-0.2, -0.15) is 0 Å².